The quantitative estimate of drug-likeness (QED) is 0.581. The number of nitrogens with one attached hydrogen (secondary N) is 1. The predicted octanol–water partition coefficient (Wildman–Crippen LogP) is 2.91. The van der Waals surface area contributed by atoms with E-state index in [0.29, 0.717) is 18.7 Å². The lowest BCUT2D eigenvalue weighted by molar-refractivity contribution is 0.628. The molecule has 0 spiro atoms. The van der Waals surface area contributed by atoms with Gasteiger partial charge in [-0.05, 0) is 18.2 Å². The summed E-state index contributed by atoms with van der Waals surface area (Å²) >= 11 is 5.51. The van der Waals surface area contributed by atoms with E-state index in [1.807, 2.05) is 0 Å². The number of benzene rings is 1. The molecule has 1 aromatic rings. The first kappa shape index (κ1) is 9.88. The summed E-state index contributed by atoms with van der Waals surface area (Å²) in [6.45, 7) is 0.636. The van der Waals surface area contributed by atoms with Crippen molar-refractivity contribution in [2.75, 3.05) is 11.9 Å². The van der Waals surface area contributed by atoms with Crippen molar-refractivity contribution >= 4 is 17.3 Å². The number of anilines is 1. The summed E-state index contributed by atoms with van der Waals surface area (Å²) in [6.07, 6.45) is 5.68. The van der Waals surface area contributed by atoms with Crippen molar-refractivity contribution in [3.8, 4) is 12.3 Å². The molecule has 0 radical (unpaired) electrons. The summed E-state index contributed by atoms with van der Waals surface area (Å²) in [5, 5.41) is 3.10. The predicted molar refractivity (Wildman–Crippen MR) is 53.3 cm³/mol. The molecule has 0 atom stereocenters. The molecule has 0 aliphatic rings. The average molecular weight is 198 g/mol. The Morgan fingerprint density at radius 3 is 2.92 bits per heavy atom. The van der Waals surface area contributed by atoms with Gasteiger partial charge >= 0.3 is 0 Å². The van der Waals surface area contributed by atoms with Gasteiger partial charge in [0.2, 0.25) is 0 Å². The second kappa shape index (κ2) is 4.74. The van der Waals surface area contributed by atoms with Crippen molar-refractivity contribution in [1.82, 2.24) is 0 Å². The van der Waals surface area contributed by atoms with Gasteiger partial charge in [0.25, 0.3) is 0 Å². The van der Waals surface area contributed by atoms with Crippen molar-refractivity contribution in [1.29, 1.82) is 0 Å². The normalized spacial score (nSPS) is 9.31. The third-order valence-corrected chi connectivity index (χ3v) is 1.82. The van der Waals surface area contributed by atoms with Gasteiger partial charge in [-0.25, -0.2) is 4.39 Å². The van der Waals surface area contributed by atoms with Crippen LogP contribution in [0.1, 0.15) is 6.42 Å². The van der Waals surface area contributed by atoms with Crippen LogP contribution in [0.2, 0.25) is 5.02 Å². The number of hydrogen-bond acceptors (Lipinski definition) is 1. The molecule has 0 saturated carbocycles. The maximum absolute atomic E-state index is 12.9. The van der Waals surface area contributed by atoms with E-state index in [9.17, 15) is 4.39 Å². The van der Waals surface area contributed by atoms with Crippen LogP contribution in [0.15, 0.2) is 18.2 Å². The Bertz CT molecular complexity index is 330. The third-order valence-electron chi connectivity index (χ3n) is 1.52. The zero-order valence-electron chi connectivity index (χ0n) is 6.98. The van der Waals surface area contributed by atoms with Crippen LogP contribution in [0, 0.1) is 18.2 Å². The van der Waals surface area contributed by atoms with Crippen LogP contribution in [0.4, 0.5) is 10.1 Å². The lowest BCUT2D eigenvalue weighted by Gasteiger charge is -2.04. The van der Waals surface area contributed by atoms with Crippen molar-refractivity contribution in [3.63, 3.8) is 0 Å². The van der Waals surface area contributed by atoms with E-state index < -0.39 is 5.82 Å². The molecule has 1 nitrogen and oxygen atoms in total. The molecule has 0 aromatic heterocycles. The maximum Gasteiger partial charge on any atom is 0.143 e. The largest absolute Gasteiger partial charge is 0.384 e. The van der Waals surface area contributed by atoms with Gasteiger partial charge in [0.15, 0.2) is 0 Å². The fourth-order valence-electron chi connectivity index (χ4n) is 0.885. The van der Waals surface area contributed by atoms with Crippen LogP contribution >= 0.6 is 11.6 Å². The van der Waals surface area contributed by atoms with Crippen LogP contribution in [0.3, 0.4) is 0 Å². The van der Waals surface area contributed by atoms with Crippen molar-refractivity contribution in [2.24, 2.45) is 0 Å². The highest BCUT2D eigenvalue weighted by atomic mass is 35.5. The Morgan fingerprint density at radius 1 is 1.54 bits per heavy atom. The molecule has 0 bridgehead atoms. The van der Waals surface area contributed by atoms with Crippen LogP contribution in [-0.4, -0.2) is 6.54 Å². The van der Waals surface area contributed by atoms with Crippen molar-refractivity contribution < 1.29 is 4.39 Å². The van der Waals surface area contributed by atoms with Crippen LogP contribution in [0.5, 0.6) is 0 Å². The Labute approximate surface area is 81.9 Å². The number of rotatable bonds is 3. The van der Waals surface area contributed by atoms with Crippen LogP contribution < -0.4 is 5.32 Å². The smallest absolute Gasteiger partial charge is 0.143 e. The van der Waals surface area contributed by atoms with Gasteiger partial charge in [0, 0.05) is 18.7 Å². The first-order valence-electron chi connectivity index (χ1n) is 3.86. The second-order valence-corrected chi connectivity index (χ2v) is 2.92. The zero-order valence-corrected chi connectivity index (χ0v) is 7.74. The van der Waals surface area contributed by atoms with Crippen molar-refractivity contribution in [2.45, 2.75) is 6.42 Å². The minimum absolute atomic E-state index is 0.127. The summed E-state index contributed by atoms with van der Waals surface area (Å²) in [7, 11) is 0. The molecule has 0 aliphatic carbocycles. The van der Waals surface area contributed by atoms with E-state index >= 15 is 0 Å². The topological polar surface area (TPSA) is 12.0 Å². The molecule has 1 N–H and O–H groups in total. The third kappa shape index (κ3) is 2.96. The maximum atomic E-state index is 12.9. The molecule has 0 unspecified atom stereocenters. The molecule has 0 aliphatic heterocycles. The van der Waals surface area contributed by atoms with Gasteiger partial charge in [-0.3, -0.25) is 0 Å². The monoisotopic (exact) mass is 197 g/mol. The highest BCUT2D eigenvalue weighted by Gasteiger charge is 1.99. The Morgan fingerprint density at radius 2 is 2.31 bits per heavy atom. The minimum Gasteiger partial charge on any atom is -0.384 e. The van der Waals surface area contributed by atoms with Crippen molar-refractivity contribution in [3.05, 3.63) is 29.0 Å². The Hall–Kier alpha value is -1.20. The molecule has 0 amide bonds. The van der Waals surface area contributed by atoms with E-state index in [1.165, 1.54) is 12.1 Å². The van der Waals surface area contributed by atoms with E-state index in [0.717, 1.165) is 0 Å². The summed E-state index contributed by atoms with van der Waals surface area (Å²) < 4.78 is 12.9. The number of halogens is 2. The van der Waals surface area contributed by atoms with E-state index in [2.05, 4.69) is 11.2 Å². The molecule has 0 heterocycles. The first-order chi connectivity index (χ1) is 6.24. The fraction of sp³-hybridized carbons (Fsp3) is 0.200. The minimum atomic E-state index is -0.424. The summed E-state index contributed by atoms with van der Waals surface area (Å²) in [4.78, 5) is 0. The van der Waals surface area contributed by atoms with Gasteiger partial charge < -0.3 is 5.32 Å². The number of hydrogen-bond donors (Lipinski definition) is 1. The molecule has 3 heteroatoms. The van der Waals surface area contributed by atoms with E-state index in [4.69, 9.17) is 18.0 Å². The molecule has 0 saturated heterocycles. The average Bonchev–Trinajstić information content (AvgIpc) is 2.12. The molecule has 1 rings (SSSR count). The molecule has 1 aromatic carbocycles. The Balaban J connectivity index is 2.59. The molecule has 68 valence electrons. The van der Waals surface area contributed by atoms with Gasteiger partial charge in [0.1, 0.15) is 5.82 Å². The van der Waals surface area contributed by atoms with Gasteiger partial charge in [-0.1, -0.05) is 11.6 Å². The summed E-state index contributed by atoms with van der Waals surface area (Å²) in [6, 6.07) is 4.57. The molecular formula is C10H9ClFN. The zero-order chi connectivity index (χ0) is 9.68. The van der Waals surface area contributed by atoms with Crippen LogP contribution in [0.25, 0.3) is 0 Å². The highest BCUT2D eigenvalue weighted by Crippen LogP contribution is 2.18. The SMILES string of the molecule is C#CCCNc1ccc(Cl)c(F)c1. The molecule has 13 heavy (non-hydrogen) atoms. The first-order valence-corrected chi connectivity index (χ1v) is 4.24. The lowest BCUT2D eigenvalue weighted by Crippen LogP contribution is -2.00. The van der Waals surface area contributed by atoms with Gasteiger partial charge in [0.05, 0.1) is 5.02 Å². The Kier molecular flexibility index (Phi) is 3.60. The molecular weight excluding hydrogens is 189 g/mol. The fourth-order valence-corrected chi connectivity index (χ4v) is 1.00. The van der Waals surface area contributed by atoms with E-state index in [-0.39, 0.29) is 5.02 Å². The lowest BCUT2D eigenvalue weighted by atomic mass is 10.3. The molecule has 0 fully saturated rings. The standard InChI is InChI=1S/C10H9ClFN/c1-2-3-6-13-8-4-5-9(11)10(12)7-8/h1,4-5,7,13H,3,6H2. The van der Waals surface area contributed by atoms with Gasteiger partial charge in [-0.15, -0.1) is 12.3 Å². The van der Waals surface area contributed by atoms with E-state index in [1.54, 1.807) is 6.07 Å². The second-order valence-electron chi connectivity index (χ2n) is 2.51. The summed E-state index contributed by atoms with van der Waals surface area (Å²) in [5.41, 5.74) is 0.692. The summed E-state index contributed by atoms with van der Waals surface area (Å²) in [5.74, 6) is 2.06. The number of terminal acetylenes is 1. The highest BCUT2D eigenvalue weighted by molar-refractivity contribution is 6.30. The van der Waals surface area contributed by atoms with Crippen LogP contribution in [-0.2, 0) is 0 Å². The van der Waals surface area contributed by atoms with Gasteiger partial charge in [-0.2, -0.15) is 0 Å².